The van der Waals surface area contributed by atoms with E-state index in [2.05, 4.69) is 37.4 Å². The minimum atomic E-state index is -3.53. The molecule has 0 fully saturated rings. The summed E-state index contributed by atoms with van der Waals surface area (Å²) in [6, 6.07) is 14.4. The van der Waals surface area contributed by atoms with E-state index in [-0.39, 0.29) is 5.91 Å². The van der Waals surface area contributed by atoms with E-state index in [1.165, 1.54) is 18.2 Å². The molecule has 5 nitrogen and oxygen atoms in total. The van der Waals surface area contributed by atoms with Crippen LogP contribution in [0.25, 0.3) is 0 Å². The van der Waals surface area contributed by atoms with Crippen molar-refractivity contribution in [2.45, 2.75) is 39.3 Å². The van der Waals surface area contributed by atoms with E-state index in [4.69, 9.17) is 0 Å². The predicted octanol–water partition coefficient (Wildman–Crippen LogP) is 3.06. The first-order chi connectivity index (χ1) is 12.8. The van der Waals surface area contributed by atoms with Crippen molar-refractivity contribution in [1.82, 2.24) is 9.62 Å². The van der Waals surface area contributed by atoms with Crippen molar-refractivity contribution >= 4 is 15.9 Å². The monoisotopic (exact) mass is 388 g/mol. The lowest BCUT2D eigenvalue weighted by Crippen LogP contribution is -2.41. The van der Waals surface area contributed by atoms with E-state index in [0.717, 1.165) is 29.0 Å². The van der Waals surface area contributed by atoms with Gasteiger partial charge in [-0.3, -0.25) is 4.79 Å². The maximum Gasteiger partial charge on any atom is 0.243 e. The van der Waals surface area contributed by atoms with Gasteiger partial charge in [0.2, 0.25) is 15.9 Å². The van der Waals surface area contributed by atoms with Crippen LogP contribution < -0.4 is 5.32 Å². The van der Waals surface area contributed by atoms with E-state index in [0.29, 0.717) is 12.1 Å². The number of aryl methyl sites for hydroxylation is 2. The largest absolute Gasteiger partial charge is 0.350 e. The highest BCUT2D eigenvalue weighted by Crippen LogP contribution is 2.22. The Morgan fingerprint density at radius 2 is 1.70 bits per heavy atom. The molecule has 0 heterocycles. The van der Waals surface area contributed by atoms with Crippen molar-refractivity contribution < 1.29 is 13.2 Å². The van der Waals surface area contributed by atoms with E-state index in [1.54, 1.807) is 24.3 Å². The average molecular weight is 389 g/mol. The Kier molecular flexibility index (Phi) is 7.16. The van der Waals surface area contributed by atoms with Gasteiger partial charge in [-0.05, 0) is 35.1 Å². The van der Waals surface area contributed by atoms with Crippen LogP contribution in [0.1, 0.15) is 42.1 Å². The van der Waals surface area contributed by atoms with E-state index in [1.807, 2.05) is 6.07 Å². The van der Waals surface area contributed by atoms with Crippen LogP contribution in [0.5, 0.6) is 0 Å². The number of hydrogen-bond acceptors (Lipinski definition) is 3. The van der Waals surface area contributed by atoms with Gasteiger partial charge in [-0.15, -0.1) is 0 Å². The number of benzene rings is 2. The SMILES string of the molecule is CCc1ccc(CC)c(CNC(=O)[C@H](c2ccccc2)N(C)S(C)(=O)=O)c1. The molecular formula is C21H28N2O3S. The number of rotatable bonds is 8. The maximum atomic E-state index is 12.9. The molecule has 0 aliphatic heterocycles. The molecule has 2 aromatic carbocycles. The lowest BCUT2D eigenvalue weighted by molar-refractivity contribution is -0.125. The number of amides is 1. The summed E-state index contributed by atoms with van der Waals surface area (Å²) in [6.45, 7) is 4.54. The normalized spacial score (nSPS) is 12.8. The highest BCUT2D eigenvalue weighted by atomic mass is 32.2. The smallest absolute Gasteiger partial charge is 0.243 e. The summed E-state index contributed by atoms with van der Waals surface area (Å²) in [5.74, 6) is -0.335. The van der Waals surface area contributed by atoms with Gasteiger partial charge in [0.15, 0.2) is 0 Å². The molecule has 0 aliphatic rings. The van der Waals surface area contributed by atoms with Gasteiger partial charge >= 0.3 is 0 Å². The number of nitrogens with one attached hydrogen (secondary N) is 1. The second kappa shape index (κ2) is 9.15. The molecule has 146 valence electrons. The minimum absolute atomic E-state index is 0.335. The van der Waals surface area contributed by atoms with Crippen molar-refractivity contribution in [1.29, 1.82) is 0 Å². The summed E-state index contributed by atoms with van der Waals surface area (Å²) >= 11 is 0. The molecule has 0 saturated heterocycles. The van der Waals surface area contributed by atoms with E-state index >= 15 is 0 Å². The standard InChI is InChI=1S/C21H28N2O3S/c1-5-16-12-13-17(6-2)19(14-16)15-22-21(24)20(23(3)27(4,25)26)18-10-8-7-9-11-18/h7-14,20H,5-6,15H2,1-4H3,(H,22,24)/t20-/m0/s1. The van der Waals surface area contributed by atoms with Crippen LogP contribution in [0.4, 0.5) is 0 Å². The molecule has 2 aromatic rings. The molecule has 0 radical (unpaired) electrons. The van der Waals surface area contributed by atoms with Crippen LogP contribution in [-0.2, 0) is 34.2 Å². The van der Waals surface area contributed by atoms with Crippen LogP contribution in [-0.4, -0.2) is 31.9 Å². The molecule has 1 amide bonds. The number of sulfonamides is 1. The summed E-state index contributed by atoms with van der Waals surface area (Å²) in [7, 11) is -2.10. The Balaban J connectivity index is 2.27. The van der Waals surface area contributed by atoms with Gasteiger partial charge in [0.1, 0.15) is 6.04 Å². The first-order valence-electron chi connectivity index (χ1n) is 9.14. The molecule has 0 aliphatic carbocycles. The van der Waals surface area contributed by atoms with Crippen molar-refractivity contribution in [3.63, 3.8) is 0 Å². The zero-order chi connectivity index (χ0) is 20.0. The van der Waals surface area contributed by atoms with E-state index in [9.17, 15) is 13.2 Å². The fraction of sp³-hybridized carbons (Fsp3) is 0.381. The summed E-state index contributed by atoms with van der Waals surface area (Å²) in [6.07, 6.45) is 2.91. The molecular weight excluding hydrogens is 360 g/mol. The Labute approximate surface area is 162 Å². The Bertz CT molecular complexity index is 880. The average Bonchev–Trinajstić information content (AvgIpc) is 2.66. The van der Waals surface area contributed by atoms with Crippen molar-refractivity contribution in [2.75, 3.05) is 13.3 Å². The molecule has 0 spiro atoms. The first-order valence-corrected chi connectivity index (χ1v) is 11.0. The summed E-state index contributed by atoms with van der Waals surface area (Å²) in [5.41, 5.74) is 4.10. The van der Waals surface area contributed by atoms with Gasteiger partial charge in [0.25, 0.3) is 0 Å². The Morgan fingerprint density at radius 1 is 1.04 bits per heavy atom. The molecule has 0 aromatic heterocycles. The molecule has 1 atom stereocenters. The summed E-state index contributed by atoms with van der Waals surface area (Å²) in [5, 5.41) is 2.93. The number of likely N-dealkylation sites (N-methyl/N-ethyl adjacent to an activating group) is 1. The molecule has 27 heavy (non-hydrogen) atoms. The van der Waals surface area contributed by atoms with Gasteiger partial charge in [0.05, 0.1) is 6.26 Å². The summed E-state index contributed by atoms with van der Waals surface area (Å²) in [4.78, 5) is 12.9. The third kappa shape index (κ3) is 5.40. The second-order valence-corrected chi connectivity index (χ2v) is 8.66. The lowest BCUT2D eigenvalue weighted by Gasteiger charge is -2.26. The predicted molar refractivity (Wildman–Crippen MR) is 109 cm³/mol. The van der Waals surface area contributed by atoms with Crippen LogP contribution in [0.3, 0.4) is 0 Å². The number of carbonyl (C=O) groups is 1. The van der Waals surface area contributed by atoms with Gasteiger partial charge in [0, 0.05) is 13.6 Å². The van der Waals surface area contributed by atoms with Gasteiger partial charge in [-0.25, -0.2) is 8.42 Å². The van der Waals surface area contributed by atoms with Gasteiger partial charge in [-0.1, -0.05) is 62.4 Å². The quantitative estimate of drug-likeness (QED) is 0.756. The number of nitrogens with zero attached hydrogens (tertiary/aromatic N) is 1. The van der Waals surface area contributed by atoms with Crippen LogP contribution in [0, 0.1) is 0 Å². The third-order valence-corrected chi connectivity index (χ3v) is 6.02. The van der Waals surface area contributed by atoms with Crippen LogP contribution in [0.15, 0.2) is 48.5 Å². The van der Waals surface area contributed by atoms with E-state index < -0.39 is 16.1 Å². The molecule has 0 saturated carbocycles. The van der Waals surface area contributed by atoms with Crippen molar-refractivity contribution in [3.05, 3.63) is 70.8 Å². The maximum absolute atomic E-state index is 12.9. The van der Waals surface area contributed by atoms with Crippen LogP contribution >= 0.6 is 0 Å². The fourth-order valence-corrected chi connectivity index (χ4v) is 3.64. The van der Waals surface area contributed by atoms with Crippen molar-refractivity contribution in [3.8, 4) is 0 Å². The zero-order valence-corrected chi connectivity index (χ0v) is 17.2. The highest BCUT2D eigenvalue weighted by molar-refractivity contribution is 7.88. The zero-order valence-electron chi connectivity index (χ0n) is 16.4. The number of hydrogen-bond donors (Lipinski definition) is 1. The lowest BCUT2D eigenvalue weighted by atomic mass is 10.0. The van der Waals surface area contributed by atoms with Crippen molar-refractivity contribution in [2.24, 2.45) is 0 Å². The fourth-order valence-electron chi connectivity index (χ4n) is 3.04. The Hall–Kier alpha value is -2.18. The van der Waals surface area contributed by atoms with Gasteiger partial charge < -0.3 is 5.32 Å². The third-order valence-electron chi connectivity index (χ3n) is 4.76. The molecule has 0 bridgehead atoms. The molecule has 2 rings (SSSR count). The molecule has 0 unspecified atom stereocenters. The highest BCUT2D eigenvalue weighted by Gasteiger charge is 2.30. The Morgan fingerprint density at radius 3 is 2.26 bits per heavy atom. The second-order valence-electron chi connectivity index (χ2n) is 6.62. The topological polar surface area (TPSA) is 66.5 Å². The molecule has 6 heteroatoms. The first kappa shape index (κ1) is 21.1. The minimum Gasteiger partial charge on any atom is -0.350 e. The molecule has 1 N–H and O–H groups in total. The van der Waals surface area contributed by atoms with Gasteiger partial charge in [-0.2, -0.15) is 4.31 Å². The summed E-state index contributed by atoms with van der Waals surface area (Å²) < 4.78 is 25.2. The van der Waals surface area contributed by atoms with Crippen LogP contribution in [0.2, 0.25) is 0 Å². The number of carbonyl (C=O) groups excluding carboxylic acids is 1.